The Hall–Kier alpha value is -3.40. The number of anilines is 1. The second kappa shape index (κ2) is 8.81. The summed E-state index contributed by atoms with van der Waals surface area (Å²) in [5.74, 6) is -0.524. The van der Waals surface area contributed by atoms with E-state index in [9.17, 15) is 9.59 Å². The van der Waals surface area contributed by atoms with Crippen LogP contribution in [0.15, 0.2) is 84.9 Å². The van der Waals surface area contributed by atoms with E-state index in [1.54, 1.807) is 7.05 Å². The van der Waals surface area contributed by atoms with E-state index in [1.807, 2.05) is 84.9 Å². The summed E-state index contributed by atoms with van der Waals surface area (Å²) >= 11 is 0. The third kappa shape index (κ3) is 4.82. The highest BCUT2D eigenvalue weighted by molar-refractivity contribution is 5.98. The van der Waals surface area contributed by atoms with Gasteiger partial charge in [-0.3, -0.25) is 9.59 Å². The molecule has 27 heavy (non-hydrogen) atoms. The van der Waals surface area contributed by atoms with Crippen molar-refractivity contribution in [1.29, 1.82) is 0 Å². The van der Waals surface area contributed by atoms with Crippen LogP contribution < -0.4 is 10.6 Å². The van der Waals surface area contributed by atoms with Crippen LogP contribution >= 0.6 is 0 Å². The van der Waals surface area contributed by atoms with Gasteiger partial charge in [0.25, 0.3) is 0 Å². The van der Waals surface area contributed by atoms with Crippen molar-refractivity contribution >= 4 is 17.5 Å². The van der Waals surface area contributed by atoms with E-state index in [-0.39, 0.29) is 11.8 Å². The molecule has 2 amide bonds. The zero-order valence-electron chi connectivity index (χ0n) is 15.2. The summed E-state index contributed by atoms with van der Waals surface area (Å²) in [5, 5.41) is 5.60. The van der Waals surface area contributed by atoms with Crippen molar-refractivity contribution in [1.82, 2.24) is 5.32 Å². The minimum Gasteiger partial charge on any atom is -0.359 e. The molecular weight excluding hydrogens is 336 g/mol. The fourth-order valence-corrected chi connectivity index (χ4v) is 2.98. The molecule has 3 rings (SSSR count). The zero-order valence-corrected chi connectivity index (χ0v) is 15.2. The van der Waals surface area contributed by atoms with E-state index >= 15 is 0 Å². The first-order chi connectivity index (χ1) is 13.2. The molecule has 136 valence electrons. The number of nitrogens with one attached hydrogen (secondary N) is 2. The second-order valence-corrected chi connectivity index (χ2v) is 6.29. The van der Waals surface area contributed by atoms with Crippen LogP contribution in [0.1, 0.15) is 22.6 Å². The van der Waals surface area contributed by atoms with E-state index in [4.69, 9.17) is 0 Å². The van der Waals surface area contributed by atoms with Crippen molar-refractivity contribution in [3.63, 3.8) is 0 Å². The Kier molecular flexibility index (Phi) is 6.00. The molecule has 0 saturated heterocycles. The topological polar surface area (TPSA) is 58.2 Å². The molecule has 0 atom stereocenters. The molecule has 4 nitrogen and oxygen atoms in total. The summed E-state index contributed by atoms with van der Waals surface area (Å²) in [6.07, 6.45) is 0.321. The second-order valence-electron chi connectivity index (χ2n) is 6.29. The predicted octanol–water partition coefficient (Wildman–Crippen LogP) is 3.75. The van der Waals surface area contributed by atoms with Crippen molar-refractivity contribution in [2.24, 2.45) is 0 Å². The van der Waals surface area contributed by atoms with Gasteiger partial charge in [-0.25, -0.2) is 0 Å². The Morgan fingerprint density at radius 1 is 0.778 bits per heavy atom. The predicted molar refractivity (Wildman–Crippen MR) is 108 cm³/mol. The fraction of sp³-hybridized carbons (Fsp3) is 0.130. The summed E-state index contributed by atoms with van der Waals surface area (Å²) in [6.45, 7) is 0. The molecule has 0 aliphatic rings. The number of benzene rings is 3. The molecule has 4 heteroatoms. The highest BCUT2D eigenvalue weighted by atomic mass is 16.2. The Bertz CT molecular complexity index is 851. The van der Waals surface area contributed by atoms with E-state index in [0.29, 0.717) is 12.1 Å². The zero-order chi connectivity index (χ0) is 19.1. The quantitative estimate of drug-likeness (QED) is 0.705. The lowest BCUT2D eigenvalue weighted by Crippen LogP contribution is -2.22. The first-order valence-corrected chi connectivity index (χ1v) is 8.87. The molecule has 0 heterocycles. The Morgan fingerprint density at radius 2 is 1.30 bits per heavy atom. The van der Waals surface area contributed by atoms with Crippen LogP contribution in [-0.2, 0) is 16.0 Å². The summed E-state index contributed by atoms with van der Waals surface area (Å²) in [7, 11) is 1.62. The smallest absolute Gasteiger partial charge is 0.236 e. The number of likely N-dealkylation sites (N-methyl/N-ethyl adjacent to an activating group) is 1. The van der Waals surface area contributed by atoms with Gasteiger partial charge in [0, 0.05) is 12.7 Å². The molecule has 0 radical (unpaired) electrons. The first-order valence-electron chi connectivity index (χ1n) is 8.87. The maximum atomic E-state index is 13.0. The number of amides is 2. The summed E-state index contributed by atoms with van der Waals surface area (Å²) < 4.78 is 0. The molecule has 3 aromatic rings. The normalized spacial score (nSPS) is 10.4. The van der Waals surface area contributed by atoms with Gasteiger partial charge in [-0.1, -0.05) is 72.8 Å². The summed E-state index contributed by atoms with van der Waals surface area (Å²) in [4.78, 5) is 24.5. The minimum absolute atomic E-state index is 0.0417. The van der Waals surface area contributed by atoms with Gasteiger partial charge in [-0.2, -0.15) is 0 Å². The van der Waals surface area contributed by atoms with Crippen LogP contribution in [-0.4, -0.2) is 18.9 Å². The molecule has 0 bridgehead atoms. The molecule has 0 spiro atoms. The SMILES string of the molecule is CNC(=O)Cc1ccc(NC(=O)C(c2ccccc2)c2ccccc2)cc1. The average Bonchev–Trinajstić information content (AvgIpc) is 2.71. The third-order valence-electron chi connectivity index (χ3n) is 4.39. The molecule has 0 saturated carbocycles. The van der Waals surface area contributed by atoms with Gasteiger partial charge in [0.05, 0.1) is 12.3 Å². The minimum atomic E-state index is -0.391. The van der Waals surface area contributed by atoms with Gasteiger partial charge in [-0.05, 0) is 28.8 Å². The van der Waals surface area contributed by atoms with E-state index in [2.05, 4.69) is 10.6 Å². The van der Waals surface area contributed by atoms with Crippen LogP contribution in [0.25, 0.3) is 0 Å². The molecule has 2 N–H and O–H groups in total. The molecule has 0 aromatic heterocycles. The van der Waals surface area contributed by atoms with Crippen LogP contribution in [0.2, 0.25) is 0 Å². The Morgan fingerprint density at radius 3 is 1.78 bits per heavy atom. The highest BCUT2D eigenvalue weighted by Crippen LogP contribution is 2.26. The summed E-state index contributed by atoms with van der Waals surface area (Å²) in [5.41, 5.74) is 3.49. The monoisotopic (exact) mass is 358 g/mol. The molecule has 3 aromatic carbocycles. The van der Waals surface area contributed by atoms with E-state index < -0.39 is 5.92 Å². The number of carbonyl (C=O) groups excluding carboxylic acids is 2. The Labute approximate surface area is 159 Å². The highest BCUT2D eigenvalue weighted by Gasteiger charge is 2.22. The molecule has 0 fully saturated rings. The standard InChI is InChI=1S/C23H22N2O2/c1-24-21(26)16-17-12-14-20(15-13-17)25-23(27)22(18-8-4-2-5-9-18)19-10-6-3-7-11-19/h2-15,22H,16H2,1H3,(H,24,26)(H,25,27). The Balaban J connectivity index is 1.80. The maximum absolute atomic E-state index is 13.0. The number of carbonyl (C=O) groups is 2. The largest absolute Gasteiger partial charge is 0.359 e. The van der Waals surface area contributed by atoms with Crippen molar-refractivity contribution in [2.75, 3.05) is 12.4 Å². The van der Waals surface area contributed by atoms with Crippen LogP contribution in [0.4, 0.5) is 5.69 Å². The van der Waals surface area contributed by atoms with Gasteiger partial charge < -0.3 is 10.6 Å². The number of hydrogen-bond acceptors (Lipinski definition) is 2. The van der Waals surface area contributed by atoms with Gasteiger partial charge in [0.2, 0.25) is 11.8 Å². The molecular formula is C23H22N2O2. The van der Waals surface area contributed by atoms with Crippen molar-refractivity contribution in [3.8, 4) is 0 Å². The maximum Gasteiger partial charge on any atom is 0.236 e. The van der Waals surface area contributed by atoms with Crippen LogP contribution in [0.5, 0.6) is 0 Å². The third-order valence-corrected chi connectivity index (χ3v) is 4.39. The lowest BCUT2D eigenvalue weighted by Gasteiger charge is -2.18. The molecule has 0 aliphatic carbocycles. The number of rotatable bonds is 6. The van der Waals surface area contributed by atoms with Gasteiger partial charge in [-0.15, -0.1) is 0 Å². The van der Waals surface area contributed by atoms with Crippen LogP contribution in [0.3, 0.4) is 0 Å². The van der Waals surface area contributed by atoms with E-state index in [0.717, 1.165) is 16.7 Å². The van der Waals surface area contributed by atoms with Gasteiger partial charge in [0.15, 0.2) is 0 Å². The van der Waals surface area contributed by atoms with Crippen LogP contribution in [0, 0.1) is 0 Å². The van der Waals surface area contributed by atoms with Gasteiger partial charge in [0.1, 0.15) is 0 Å². The van der Waals surface area contributed by atoms with E-state index in [1.165, 1.54) is 0 Å². The number of hydrogen-bond donors (Lipinski definition) is 2. The van der Waals surface area contributed by atoms with Crippen molar-refractivity contribution in [2.45, 2.75) is 12.3 Å². The lowest BCUT2D eigenvalue weighted by atomic mass is 9.90. The van der Waals surface area contributed by atoms with Crippen molar-refractivity contribution < 1.29 is 9.59 Å². The molecule has 0 unspecified atom stereocenters. The first kappa shape index (κ1) is 18.4. The van der Waals surface area contributed by atoms with Gasteiger partial charge >= 0.3 is 0 Å². The van der Waals surface area contributed by atoms with Crippen molar-refractivity contribution in [3.05, 3.63) is 102 Å². The average molecular weight is 358 g/mol. The fourth-order valence-electron chi connectivity index (χ4n) is 2.98. The summed E-state index contributed by atoms with van der Waals surface area (Å²) in [6, 6.07) is 26.8. The lowest BCUT2D eigenvalue weighted by molar-refractivity contribution is -0.120. The molecule has 0 aliphatic heterocycles.